The van der Waals surface area contributed by atoms with E-state index >= 15 is 0 Å². The van der Waals surface area contributed by atoms with Gasteiger partial charge in [-0.05, 0) is 50.8 Å². The number of hydrogen-bond donors (Lipinski definition) is 4. The summed E-state index contributed by atoms with van der Waals surface area (Å²) in [6.45, 7) is 4.78. The number of rotatable bonds is 24. The number of unbranched alkanes of at least 4 members (excludes halogenated alkanes) is 2. The maximum absolute atomic E-state index is 11.6. The molecule has 13 heteroatoms. The van der Waals surface area contributed by atoms with Crippen molar-refractivity contribution in [3.8, 4) is 0 Å². The van der Waals surface area contributed by atoms with Crippen molar-refractivity contribution >= 4 is 61.5 Å². The number of allylic oxidation sites excluding steroid dienone is 4. The SMILES string of the molecule is CCC/C=C/CCC(=O)NCN(CCCO)CC(=O)O.CCC/C=C/CCC([O-])=NCN(CCCO)CC(=O)[O-].[Ca+2]. The minimum absolute atomic E-state index is 0. The molecule has 41 heavy (non-hydrogen) atoms. The standard InChI is InChI=1S/2C14H26N2O4.Ca/c2*1-2-3-4-5-6-8-13(18)15-12-16(9-7-10-17)11-14(19)20;/h2*4-5,17H,2-3,6-12H2,1H3,(H,15,18)(H,19,20);/q;;+2/p-2/b2*5-4+;. The largest absolute Gasteiger partial charge is 2.00 e. The van der Waals surface area contributed by atoms with Gasteiger partial charge in [-0.1, -0.05) is 51.0 Å². The second-order valence-corrected chi connectivity index (χ2v) is 9.07. The number of aliphatic hydroxyl groups excluding tert-OH is 2. The van der Waals surface area contributed by atoms with Gasteiger partial charge in [0.2, 0.25) is 5.91 Å². The zero-order valence-electron chi connectivity index (χ0n) is 25.0. The number of aliphatic imine (C=N–C) groups is 1. The minimum atomic E-state index is -1.21. The molecule has 4 N–H and O–H groups in total. The molecular weight excluding hydrogens is 560 g/mol. The monoisotopic (exact) mass is 610 g/mol. The molecule has 0 bridgehead atoms. The zero-order chi connectivity index (χ0) is 30.4. The van der Waals surface area contributed by atoms with Crippen molar-refractivity contribution in [1.82, 2.24) is 15.1 Å². The molecule has 0 aromatic heterocycles. The summed E-state index contributed by atoms with van der Waals surface area (Å²) in [7, 11) is 0. The van der Waals surface area contributed by atoms with E-state index in [4.69, 9.17) is 15.3 Å². The van der Waals surface area contributed by atoms with Gasteiger partial charge in [0.1, 0.15) is 0 Å². The van der Waals surface area contributed by atoms with Crippen LogP contribution < -0.4 is 15.5 Å². The van der Waals surface area contributed by atoms with Crippen LogP contribution in [0.3, 0.4) is 0 Å². The zero-order valence-corrected chi connectivity index (χ0v) is 27.2. The summed E-state index contributed by atoms with van der Waals surface area (Å²) < 4.78 is 0. The summed E-state index contributed by atoms with van der Waals surface area (Å²) in [6.07, 6.45) is 15.3. The van der Waals surface area contributed by atoms with Gasteiger partial charge >= 0.3 is 43.7 Å². The first-order valence-corrected chi connectivity index (χ1v) is 14.0. The van der Waals surface area contributed by atoms with E-state index in [1.54, 1.807) is 4.90 Å². The van der Waals surface area contributed by atoms with Crippen LogP contribution in [-0.4, -0.2) is 139 Å². The molecule has 0 aromatic rings. The Balaban J connectivity index is -0.000000688. The van der Waals surface area contributed by atoms with Crippen LogP contribution in [0.2, 0.25) is 0 Å². The number of carbonyl (C=O) groups is 3. The van der Waals surface area contributed by atoms with Gasteiger partial charge in [0.05, 0.1) is 25.9 Å². The molecule has 0 atom stereocenters. The third-order valence-electron chi connectivity index (χ3n) is 5.23. The predicted octanol–water partition coefficient (Wildman–Crippen LogP) is -0.142. The number of amides is 1. The number of aliphatic hydroxyl groups is 2. The molecule has 0 saturated heterocycles. The fraction of sp³-hybridized carbons (Fsp3) is 0.714. The summed E-state index contributed by atoms with van der Waals surface area (Å²) >= 11 is 0. The van der Waals surface area contributed by atoms with Gasteiger partial charge in [-0.25, -0.2) is 0 Å². The smallest absolute Gasteiger partial charge is 0.862 e. The van der Waals surface area contributed by atoms with E-state index in [2.05, 4.69) is 30.2 Å². The van der Waals surface area contributed by atoms with Crippen molar-refractivity contribution in [3.63, 3.8) is 0 Å². The van der Waals surface area contributed by atoms with Gasteiger partial charge < -0.3 is 35.6 Å². The van der Waals surface area contributed by atoms with Crippen LogP contribution in [0.25, 0.3) is 0 Å². The van der Waals surface area contributed by atoms with Gasteiger partial charge in [-0.3, -0.25) is 24.4 Å². The van der Waals surface area contributed by atoms with Gasteiger partial charge in [-0.15, -0.1) is 0 Å². The van der Waals surface area contributed by atoms with E-state index in [1.807, 2.05) is 18.2 Å². The average Bonchev–Trinajstić information content (AvgIpc) is 2.91. The third kappa shape index (κ3) is 34.6. The molecule has 0 rings (SSSR count). The number of carboxylic acid groups (broad SMARTS) is 2. The molecule has 0 spiro atoms. The van der Waals surface area contributed by atoms with E-state index in [9.17, 15) is 24.6 Å². The number of hydrogen-bond acceptors (Lipinski definition) is 10. The Morgan fingerprint density at radius 3 is 1.80 bits per heavy atom. The van der Waals surface area contributed by atoms with Crippen molar-refractivity contribution in [2.24, 2.45) is 4.99 Å². The molecule has 0 unspecified atom stereocenters. The molecule has 0 radical (unpaired) electrons. The summed E-state index contributed by atoms with van der Waals surface area (Å²) in [5, 5.41) is 50.9. The maximum Gasteiger partial charge on any atom is 2.00 e. The van der Waals surface area contributed by atoms with Gasteiger partial charge in [0.15, 0.2) is 0 Å². The number of carbonyl (C=O) groups excluding carboxylic acids is 2. The number of nitrogens with one attached hydrogen (secondary N) is 1. The molecule has 232 valence electrons. The number of nitrogens with zero attached hydrogens (tertiary/aromatic N) is 3. The summed E-state index contributed by atoms with van der Waals surface area (Å²) in [6, 6.07) is 0. The summed E-state index contributed by atoms with van der Waals surface area (Å²) in [5.41, 5.74) is 0. The maximum atomic E-state index is 11.6. The quantitative estimate of drug-likeness (QED) is 0.0376. The predicted molar refractivity (Wildman–Crippen MR) is 157 cm³/mol. The van der Waals surface area contributed by atoms with Crippen LogP contribution in [-0.2, 0) is 14.4 Å². The molecule has 12 nitrogen and oxygen atoms in total. The first-order chi connectivity index (χ1) is 19.2. The van der Waals surface area contributed by atoms with Crippen LogP contribution in [0.5, 0.6) is 0 Å². The topological polar surface area (TPSA) is 189 Å². The molecule has 0 aromatic carbocycles. The van der Waals surface area contributed by atoms with Gasteiger partial charge in [-0.2, -0.15) is 0 Å². The molecule has 0 fully saturated rings. The number of aliphatic carboxylic acids is 2. The Bertz CT molecular complexity index is 751. The molecular formula is C28H50CaN4O8. The normalized spacial score (nSPS) is 11.5. The van der Waals surface area contributed by atoms with E-state index in [-0.39, 0.29) is 89.2 Å². The number of carboxylic acids is 2. The second-order valence-electron chi connectivity index (χ2n) is 9.07. The van der Waals surface area contributed by atoms with Gasteiger partial charge in [0.25, 0.3) is 0 Å². The second kappa shape index (κ2) is 33.0. The van der Waals surface area contributed by atoms with Gasteiger partial charge in [0, 0.05) is 39.3 Å². The molecule has 0 heterocycles. The fourth-order valence-electron chi connectivity index (χ4n) is 3.15. The van der Waals surface area contributed by atoms with Crippen molar-refractivity contribution < 1.29 is 39.9 Å². The van der Waals surface area contributed by atoms with Crippen molar-refractivity contribution in [2.45, 2.75) is 78.1 Å². The van der Waals surface area contributed by atoms with Crippen LogP contribution in [0, 0.1) is 0 Å². The van der Waals surface area contributed by atoms with Crippen molar-refractivity contribution in [1.29, 1.82) is 0 Å². The van der Waals surface area contributed by atoms with Crippen LogP contribution >= 0.6 is 0 Å². The fourth-order valence-corrected chi connectivity index (χ4v) is 3.15. The van der Waals surface area contributed by atoms with Crippen molar-refractivity contribution in [2.75, 3.05) is 52.7 Å². The summed E-state index contributed by atoms with van der Waals surface area (Å²) in [4.78, 5) is 39.7. The van der Waals surface area contributed by atoms with E-state index in [1.165, 1.54) is 4.90 Å². The Morgan fingerprint density at radius 2 is 1.32 bits per heavy atom. The minimum Gasteiger partial charge on any atom is -0.862 e. The van der Waals surface area contributed by atoms with Crippen LogP contribution in [0.15, 0.2) is 29.3 Å². The molecule has 0 aliphatic carbocycles. The van der Waals surface area contributed by atoms with Crippen LogP contribution in [0.4, 0.5) is 0 Å². The van der Waals surface area contributed by atoms with E-state index in [0.29, 0.717) is 51.6 Å². The molecule has 1 amide bonds. The van der Waals surface area contributed by atoms with Crippen LogP contribution in [0.1, 0.15) is 78.1 Å². The Hall–Kier alpha value is -1.54. The molecule has 0 aliphatic rings. The summed E-state index contributed by atoms with van der Waals surface area (Å²) in [5.74, 6) is -2.49. The van der Waals surface area contributed by atoms with E-state index in [0.717, 1.165) is 25.7 Å². The molecule has 0 aliphatic heterocycles. The molecule has 0 saturated carbocycles. The Labute approximate surface area is 275 Å². The third-order valence-corrected chi connectivity index (χ3v) is 5.23. The first kappa shape index (κ1) is 43.9. The Kier molecular flexibility index (Phi) is 35.3. The van der Waals surface area contributed by atoms with E-state index < -0.39 is 11.9 Å². The average molecular weight is 611 g/mol. The first-order valence-electron chi connectivity index (χ1n) is 14.0. The Morgan fingerprint density at radius 1 is 0.805 bits per heavy atom. The van der Waals surface area contributed by atoms with Crippen molar-refractivity contribution in [3.05, 3.63) is 24.3 Å².